The van der Waals surface area contributed by atoms with Gasteiger partial charge in [0, 0.05) is 44.2 Å². The molecule has 35 heavy (non-hydrogen) atoms. The van der Waals surface area contributed by atoms with Gasteiger partial charge in [-0.05, 0) is 68.8 Å². The molecule has 2 fully saturated rings. The van der Waals surface area contributed by atoms with Gasteiger partial charge in [0.2, 0.25) is 11.8 Å². The summed E-state index contributed by atoms with van der Waals surface area (Å²) in [5, 5.41) is 3.72. The molecule has 0 aromatic heterocycles. The SMILES string of the molecule is CC(=O)NC1CCN(C(=O)CC2(COc3cc(C)c(Cl)c(C)c3)CN(CCC(C)C)CCO2)CC1. The molecule has 2 heterocycles. The monoisotopic (exact) mass is 507 g/mol. The number of aryl methyl sites for hydroxylation is 2. The van der Waals surface area contributed by atoms with E-state index in [1.165, 1.54) is 6.92 Å². The molecule has 0 bridgehead atoms. The van der Waals surface area contributed by atoms with Crippen LogP contribution in [-0.4, -0.2) is 79.2 Å². The second-order valence-electron chi connectivity index (χ2n) is 10.7. The third-order valence-corrected chi connectivity index (χ3v) is 7.59. The lowest BCUT2D eigenvalue weighted by molar-refractivity contribution is -0.157. The molecular formula is C27H42ClN3O4. The summed E-state index contributed by atoms with van der Waals surface area (Å²) >= 11 is 6.34. The van der Waals surface area contributed by atoms with Gasteiger partial charge >= 0.3 is 0 Å². The van der Waals surface area contributed by atoms with Crippen molar-refractivity contribution in [1.29, 1.82) is 0 Å². The number of ether oxygens (including phenoxy) is 2. The van der Waals surface area contributed by atoms with Crippen LogP contribution >= 0.6 is 11.6 Å². The number of amides is 2. The number of nitrogens with zero attached hydrogens (tertiary/aromatic N) is 2. The number of rotatable bonds is 9. The molecule has 1 atom stereocenters. The number of carbonyl (C=O) groups excluding carboxylic acids is 2. The van der Waals surface area contributed by atoms with Crippen LogP contribution in [0, 0.1) is 19.8 Å². The number of benzene rings is 1. The first kappa shape index (κ1) is 27.8. The summed E-state index contributed by atoms with van der Waals surface area (Å²) in [4.78, 5) is 29.1. The Morgan fingerprint density at radius 3 is 2.46 bits per heavy atom. The second kappa shape index (κ2) is 12.4. The number of halogens is 1. The molecule has 0 spiro atoms. The summed E-state index contributed by atoms with van der Waals surface area (Å²) < 4.78 is 12.6. The van der Waals surface area contributed by atoms with E-state index in [2.05, 4.69) is 24.1 Å². The van der Waals surface area contributed by atoms with Gasteiger partial charge in [0.15, 0.2) is 0 Å². The number of likely N-dealkylation sites (tertiary alicyclic amines) is 1. The van der Waals surface area contributed by atoms with Crippen molar-refractivity contribution in [1.82, 2.24) is 15.1 Å². The maximum Gasteiger partial charge on any atom is 0.225 e. The molecule has 1 aromatic carbocycles. The Balaban J connectivity index is 1.70. The van der Waals surface area contributed by atoms with Gasteiger partial charge in [-0.15, -0.1) is 0 Å². The van der Waals surface area contributed by atoms with Crippen molar-refractivity contribution in [3.05, 3.63) is 28.3 Å². The summed E-state index contributed by atoms with van der Waals surface area (Å²) in [5.74, 6) is 1.44. The highest BCUT2D eigenvalue weighted by Gasteiger charge is 2.41. The van der Waals surface area contributed by atoms with Crippen LogP contribution in [0.4, 0.5) is 0 Å². The van der Waals surface area contributed by atoms with Crippen molar-refractivity contribution in [3.63, 3.8) is 0 Å². The molecule has 1 unspecified atom stereocenters. The smallest absolute Gasteiger partial charge is 0.225 e. The van der Waals surface area contributed by atoms with E-state index in [4.69, 9.17) is 21.1 Å². The Morgan fingerprint density at radius 2 is 1.86 bits per heavy atom. The molecule has 3 rings (SSSR count). The minimum absolute atomic E-state index is 0.0179. The van der Waals surface area contributed by atoms with Gasteiger partial charge in [0.05, 0.1) is 13.0 Å². The minimum atomic E-state index is -0.706. The lowest BCUT2D eigenvalue weighted by Crippen LogP contribution is -2.58. The zero-order valence-electron chi connectivity index (χ0n) is 22.0. The molecule has 0 saturated carbocycles. The van der Waals surface area contributed by atoms with Gasteiger partial charge in [-0.2, -0.15) is 0 Å². The second-order valence-corrected chi connectivity index (χ2v) is 11.1. The normalized spacial score (nSPS) is 21.9. The van der Waals surface area contributed by atoms with E-state index in [1.807, 2.05) is 30.9 Å². The number of nitrogens with one attached hydrogen (secondary N) is 1. The average molecular weight is 508 g/mol. The largest absolute Gasteiger partial charge is 0.490 e. The number of hydrogen-bond acceptors (Lipinski definition) is 5. The quantitative estimate of drug-likeness (QED) is 0.547. The van der Waals surface area contributed by atoms with Gasteiger partial charge in [0.25, 0.3) is 0 Å². The summed E-state index contributed by atoms with van der Waals surface area (Å²) in [6, 6.07) is 4.02. The van der Waals surface area contributed by atoms with E-state index in [9.17, 15) is 9.59 Å². The van der Waals surface area contributed by atoms with Crippen molar-refractivity contribution < 1.29 is 19.1 Å². The fraction of sp³-hybridized carbons (Fsp3) is 0.704. The van der Waals surface area contributed by atoms with Gasteiger partial charge in [-0.25, -0.2) is 0 Å². The van der Waals surface area contributed by atoms with Crippen LogP contribution in [0.3, 0.4) is 0 Å². The highest BCUT2D eigenvalue weighted by molar-refractivity contribution is 6.32. The molecular weight excluding hydrogens is 466 g/mol. The maximum atomic E-state index is 13.4. The van der Waals surface area contributed by atoms with Crippen LogP contribution in [-0.2, 0) is 14.3 Å². The molecule has 2 amide bonds. The van der Waals surface area contributed by atoms with Crippen LogP contribution in [0.1, 0.15) is 57.6 Å². The van der Waals surface area contributed by atoms with Crippen molar-refractivity contribution in [2.75, 3.05) is 45.9 Å². The highest BCUT2D eigenvalue weighted by atomic mass is 35.5. The summed E-state index contributed by atoms with van der Waals surface area (Å²) in [7, 11) is 0. The summed E-state index contributed by atoms with van der Waals surface area (Å²) in [6.07, 6.45) is 2.94. The van der Waals surface area contributed by atoms with Gasteiger partial charge < -0.3 is 19.7 Å². The summed E-state index contributed by atoms with van der Waals surface area (Å²) in [6.45, 7) is 14.6. The molecule has 8 heteroatoms. The molecule has 2 aliphatic heterocycles. The van der Waals surface area contributed by atoms with Crippen LogP contribution in [0.5, 0.6) is 5.75 Å². The Morgan fingerprint density at radius 1 is 1.20 bits per heavy atom. The number of morpholine rings is 1. The van der Waals surface area contributed by atoms with Crippen molar-refractivity contribution in [3.8, 4) is 5.75 Å². The zero-order valence-corrected chi connectivity index (χ0v) is 22.7. The molecule has 2 aliphatic rings. The van der Waals surface area contributed by atoms with Gasteiger partial charge in [0.1, 0.15) is 18.0 Å². The fourth-order valence-corrected chi connectivity index (χ4v) is 5.06. The maximum absolute atomic E-state index is 13.4. The Labute approximate surface area is 215 Å². The standard InChI is InChI=1S/C27H42ClN3O4/c1-19(2)6-9-30-12-13-35-27(17-30,18-34-24-14-20(3)26(28)21(4)15-24)16-25(33)31-10-7-23(8-11-31)29-22(5)32/h14-15,19,23H,6-13,16-18H2,1-5H3,(H,29,32). The highest BCUT2D eigenvalue weighted by Crippen LogP contribution is 2.29. The van der Waals surface area contributed by atoms with Crippen LogP contribution in [0.25, 0.3) is 0 Å². The van der Waals surface area contributed by atoms with Gasteiger partial charge in [-0.3, -0.25) is 14.5 Å². The van der Waals surface area contributed by atoms with Gasteiger partial charge in [-0.1, -0.05) is 25.4 Å². The van der Waals surface area contributed by atoms with Crippen LogP contribution in [0.2, 0.25) is 5.02 Å². The first-order valence-corrected chi connectivity index (χ1v) is 13.3. The lowest BCUT2D eigenvalue weighted by Gasteiger charge is -2.43. The Hall–Kier alpha value is -1.83. The molecule has 2 saturated heterocycles. The first-order chi connectivity index (χ1) is 16.6. The van der Waals surface area contributed by atoms with E-state index in [-0.39, 0.29) is 24.3 Å². The Bertz CT molecular complexity index is 862. The topological polar surface area (TPSA) is 71.1 Å². The molecule has 0 aliphatic carbocycles. The van der Waals surface area contributed by atoms with Crippen LogP contribution in [0.15, 0.2) is 12.1 Å². The van der Waals surface area contributed by atoms with Crippen LogP contribution < -0.4 is 10.1 Å². The summed E-state index contributed by atoms with van der Waals surface area (Å²) in [5.41, 5.74) is 1.23. The lowest BCUT2D eigenvalue weighted by atomic mass is 9.95. The predicted octanol–water partition coefficient (Wildman–Crippen LogP) is 3.97. The molecule has 0 radical (unpaired) electrons. The molecule has 1 N–H and O–H groups in total. The first-order valence-electron chi connectivity index (χ1n) is 12.9. The average Bonchev–Trinajstić information content (AvgIpc) is 2.80. The molecule has 1 aromatic rings. The molecule has 196 valence electrons. The van der Waals surface area contributed by atoms with E-state index < -0.39 is 5.60 Å². The molecule has 7 nitrogen and oxygen atoms in total. The number of hydrogen-bond donors (Lipinski definition) is 1. The third-order valence-electron chi connectivity index (χ3n) is 6.99. The number of carbonyl (C=O) groups is 2. The van der Waals surface area contributed by atoms with Crippen molar-refractivity contribution in [2.24, 2.45) is 5.92 Å². The van der Waals surface area contributed by atoms with Crippen molar-refractivity contribution in [2.45, 2.75) is 71.9 Å². The zero-order chi connectivity index (χ0) is 25.6. The third kappa shape index (κ3) is 8.09. The minimum Gasteiger partial charge on any atom is -0.490 e. The van der Waals surface area contributed by atoms with E-state index in [0.717, 1.165) is 54.3 Å². The Kier molecular flexibility index (Phi) is 9.85. The fourth-order valence-electron chi connectivity index (χ4n) is 4.95. The van der Waals surface area contributed by atoms with Crippen molar-refractivity contribution >= 4 is 23.4 Å². The van der Waals surface area contributed by atoms with E-state index >= 15 is 0 Å². The van der Waals surface area contributed by atoms with E-state index in [0.29, 0.717) is 38.8 Å². The number of piperidine rings is 1. The predicted molar refractivity (Wildman–Crippen MR) is 139 cm³/mol. The van der Waals surface area contributed by atoms with E-state index in [1.54, 1.807) is 0 Å².